The van der Waals surface area contributed by atoms with Gasteiger partial charge in [-0.3, -0.25) is 0 Å². The van der Waals surface area contributed by atoms with E-state index in [9.17, 15) is 13.2 Å². The topological polar surface area (TPSA) is 56.0 Å². The van der Waals surface area contributed by atoms with Crippen LogP contribution in [-0.2, 0) is 6.18 Å². The second-order valence-corrected chi connectivity index (χ2v) is 4.08. The van der Waals surface area contributed by atoms with E-state index in [1.807, 2.05) is 0 Å². The number of halogens is 3. The monoisotopic (exact) mass is 272 g/mol. The average Bonchev–Trinajstić information content (AvgIpc) is 2.37. The van der Waals surface area contributed by atoms with E-state index < -0.39 is 11.7 Å². The molecular weight excluding hydrogens is 257 g/mol. The first kappa shape index (κ1) is 15.3. The quantitative estimate of drug-likeness (QED) is 0.782. The molecule has 6 heteroatoms. The number of hydrogen-bond donors (Lipinski definition) is 2. The van der Waals surface area contributed by atoms with Crippen LogP contribution in [0.5, 0.6) is 0 Å². The van der Waals surface area contributed by atoms with Gasteiger partial charge in [0, 0.05) is 18.8 Å². The van der Waals surface area contributed by atoms with Crippen LogP contribution in [0.3, 0.4) is 0 Å². The van der Waals surface area contributed by atoms with E-state index in [-0.39, 0.29) is 12.2 Å². The van der Waals surface area contributed by atoms with Gasteiger partial charge in [-0.1, -0.05) is 0 Å². The molecule has 0 amide bonds. The Hall–Kier alpha value is -1.74. The smallest absolute Gasteiger partial charge is 0.396 e. The van der Waals surface area contributed by atoms with Gasteiger partial charge in [-0.25, -0.2) is 0 Å². The second kappa shape index (κ2) is 7.00. The van der Waals surface area contributed by atoms with E-state index in [1.165, 1.54) is 18.2 Å². The fourth-order valence-electron chi connectivity index (χ4n) is 1.63. The molecule has 0 aromatic heterocycles. The predicted octanol–water partition coefficient (Wildman–Crippen LogP) is 3.15. The van der Waals surface area contributed by atoms with Gasteiger partial charge in [0.25, 0.3) is 0 Å². The number of hydrogen-bond acceptors (Lipinski definition) is 3. The molecule has 1 aromatic rings. The molecule has 19 heavy (non-hydrogen) atoms. The third-order valence-corrected chi connectivity index (χ3v) is 2.61. The van der Waals surface area contributed by atoms with Crippen molar-refractivity contribution >= 4 is 5.69 Å². The molecule has 0 heterocycles. The average molecular weight is 272 g/mol. The van der Waals surface area contributed by atoms with Crippen molar-refractivity contribution in [2.24, 2.45) is 0 Å². The number of nitrogens with one attached hydrogen (secondary N) is 1. The molecule has 0 radical (unpaired) electrons. The summed E-state index contributed by atoms with van der Waals surface area (Å²) in [6, 6.07) is 5.11. The number of nitrogens with zero attached hydrogens (tertiary/aromatic N) is 1. The molecule has 0 atom stereocenters. The molecule has 1 aromatic carbocycles. The number of rotatable bonds is 6. The molecule has 3 nitrogen and oxygen atoms in total. The Labute approximate surface area is 109 Å². The van der Waals surface area contributed by atoms with Gasteiger partial charge < -0.3 is 10.4 Å². The van der Waals surface area contributed by atoms with Crippen molar-refractivity contribution in [1.82, 2.24) is 0 Å². The summed E-state index contributed by atoms with van der Waals surface area (Å²) in [4.78, 5) is 0. The van der Waals surface area contributed by atoms with Gasteiger partial charge in [-0.05, 0) is 37.5 Å². The maximum absolute atomic E-state index is 12.7. The first-order valence-electron chi connectivity index (χ1n) is 5.95. The zero-order valence-corrected chi connectivity index (χ0v) is 10.3. The molecule has 0 spiro atoms. The highest BCUT2D eigenvalue weighted by atomic mass is 19.4. The molecule has 0 aliphatic rings. The third kappa shape index (κ3) is 4.79. The Morgan fingerprint density at radius 1 is 1.21 bits per heavy atom. The Morgan fingerprint density at radius 3 is 2.53 bits per heavy atom. The van der Waals surface area contributed by atoms with Crippen molar-refractivity contribution in [2.75, 3.05) is 18.5 Å². The van der Waals surface area contributed by atoms with E-state index in [4.69, 9.17) is 10.4 Å². The Bertz CT molecular complexity index is 452. The number of benzene rings is 1. The van der Waals surface area contributed by atoms with Gasteiger partial charge in [0.05, 0.1) is 17.2 Å². The molecule has 2 N–H and O–H groups in total. The van der Waals surface area contributed by atoms with Crippen LogP contribution in [0.4, 0.5) is 18.9 Å². The van der Waals surface area contributed by atoms with Crippen LogP contribution in [0.1, 0.15) is 30.4 Å². The van der Waals surface area contributed by atoms with E-state index in [2.05, 4.69) is 5.32 Å². The molecule has 0 fully saturated rings. The second-order valence-electron chi connectivity index (χ2n) is 4.08. The van der Waals surface area contributed by atoms with Crippen molar-refractivity contribution in [3.8, 4) is 6.07 Å². The van der Waals surface area contributed by atoms with Gasteiger partial charge in [-0.15, -0.1) is 0 Å². The third-order valence-electron chi connectivity index (χ3n) is 2.61. The number of unbranched alkanes of at least 4 members (excludes halogenated alkanes) is 2. The summed E-state index contributed by atoms with van der Waals surface area (Å²) in [6.45, 7) is 0.651. The van der Waals surface area contributed by atoms with Crippen molar-refractivity contribution in [1.29, 1.82) is 5.26 Å². The minimum atomic E-state index is -4.53. The normalized spacial score (nSPS) is 11.1. The molecule has 104 valence electrons. The molecule has 0 bridgehead atoms. The highest BCUT2D eigenvalue weighted by molar-refractivity contribution is 5.53. The van der Waals surface area contributed by atoms with Crippen LogP contribution in [0.25, 0.3) is 0 Å². The number of nitriles is 1. The first-order chi connectivity index (χ1) is 8.99. The van der Waals surface area contributed by atoms with Crippen molar-refractivity contribution < 1.29 is 18.3 Å². The maximum Gasteiger partial charge on any atom is 0.417 e. The highest BCUT2D eigenvalue weighted by Crippen LogP contribution is 2.33. The summed E-state index contributed by atoms with van der Waals surface area (Å²) in [6.07, 6.45) is -2.27. The predicted molar refractivity (Wildman–Crippen MR) is 65.6 cm³/mol. The summed E-state index contributed by atoms with van der Waals surface area (Å²) in [7, 11) is 0. The SMILES string of the molecule is N#Cc1ccc(NCCCCCO)cc1C(F)(F)F. The lowest BCUT2D eigenvalue weighted by Crippen LogP contribution is -2.09. The molecule has 0 aliphatic heterocycles. The number of anilines is 1. The van der Waals surface area contributed by atoms with Gasteiger partial charge in [0.15, 0.2) is 0 Å². The maximum atomic E-state index is 12.7. The standard InChI is InChI=1S/C13H15F3N2O/c14-13(15,16)12-8-11(5-4-10(12)9-17)18-6-2-1-3-7-19/h4-5,8,18-19H,1-3,6-7H2. The van der Waals surface area contributed by atoms with Crippen LogP contribution < -0.4 is 5.32 Å². The minimum Gasteiger partial charge on any atom is -0.396 e. The van der Waals surface area contributed by atoms with Gasteiger partial charge in [0.1, 0.15) is 0 Å². The minimum absolute atomic E-state index is 0.120. The van der Waals surface area contributed by atoms with Crippen LogP contribution in [-0.4, -0.2) is 18.3 Å². The van der Waals surface area contributed by atoms with E-state index in [0.717, 1.165) is 18.9 Å². The number of aliphatic hydroxyl groups is 1. The molecular formula is C13H15F3N2O. The van der Waals surface area contributed by atoms with Gasteiger partial charge in [0.2, 0.25) is 0 Å². The Kier molecular flexibility index (Phi) is 5.64. The van der Waals surface area contributed by atoms with E-state index >= 15 is 0 Å². The summed E-state index contributed by atoms with van der Waals surface area (Å²) < 4.78 is 38.1. The van der Waals surface area contributed by atoms with Crippen LogP contribution >= 0.6 is 0 Å². The summed E-state index contributed by atoms with van der Waals surface area (Å²) >= 11 is 0. The molecule has 1 rings (SSSR count). The Balaban J connectivity index is 2.69. The highest BCUT2D eigenvalue weighted by Gasteiger charge is 2.33. The molecule has 0 unspecified atom stereocenters. The lowest BCUT2D eigenvalue weighted by molar-refractivity contribution is -0.137. The number of aliphatic hydroxyl groups excluding tert-OH is 1. The fraction of sp³-hybridized carbons (Fsp3) is 0.462. The van der Waals surface area contributed by atoms with Crippen molar-refractivity contribution in [3.63, 3.8) is 0 Å². The zero-order chi connectivity index (χ0) is 14.3. The van der Waals surface area contributed by atoms with Gasteiger partial charge in [-0.2, -0.15) is 18.4 Å². The Morgan fingerprint density at radius 2 is 1.95 bits per heavy atom. The molecule has 0 aliphatic carbocycles. The molecule has 0 saturated heterocycles. The molecule has 0 saturated carbocycles. The summed E-state index contributed by atoms with van der Waals surface area (Å²) in [5.41, 5.74) is -0.955. The largest absolute Gasteiger partial charge is 0.417 e. The lowest BCUT2D eigenvalue weighted by Gasteiger charge is -2.12. The van der Waals surface area contributed by atoms with Crippen LogP contribution in [0, 0.1) is 11.3 Å². The van der Waals surface area contributed by atoms with Gasteiger partial charge >= 0.3 is 6.18 Å². The lowest BCUT2D eigenvalue weighted by atomic mass is 10.1. The van der Waals surface area contributed by atoms with Crippen molar-refractivity contribution in [2.45, 2.75) is 25.4 Å². The van der Waals surface area contributed by atoms with Crippen molar-refractivity contribution in [3.05, 3.63) is 29.3 Å². The summed E-state index contributed by atoms with van der Waals surface area (Å²) in [5.74, 6) is 0. The fourth-order valence-corrected chi connectivity index (χ4v) is 1.63. The first-order valence-corrected chi connectivity index (χ1v) is 5.95. The van der Waals surface area contributed by atoms with Crippen LogP contribution in [0.15, 0.2) is 18.2 Å². The summed E-state index contributed by atoms with van der Waals surface area (Å²) in [5, 5.41) is 20.1. The number of alkyl halides is 3. The zero-order valence-electron chi connectivity index (χ0n) is 10.3. The van der Waals surface area contributed by atoms with Crippen LogP contribution in [0.2, 0.25) is 0 Å². The van der Waals surface area contributed by atoms with E-state index in [1.54, 1.807) is 0 Å². The van der Waals surface area contributed by atoms with E-state index in [0.29, 0.717) is 18.7 Å².